The Balaban J connectivity index is 2.68. The minimum atomic E-state index is -0.513. The van der Waals surface area contributed by atoms with Gasteiger partial charge < -0.3 is 15.2 Å². The van der Waals surface area contributed by atoms with Crippen molar-refractivity contribution in [3.8, 4) is 0 Å². The summed E-state index contributed by atoms with van der Waals surface area (Å²) >= 11 is 1.68. The van der Waals surface area contributed by atoms with Gasteiger partial charge in [-0.15, -0.1) is 0 Å². The van der Waals surface area contributed by atoms with Crippen LogP contribution in [-0.2, 0) is 11.2 Å². The molecule has 1 amide bonds. The number of carbonyl (C=O) groups is 1. The predicted octanol–water partition coefficient (Wildman–Crippen LogP) is 4.23. The average Bonchev–Trinajstić information content (AvgIpc) is 2.93. The Morgan fingerprint density at radius 1 is 1.39 bits per heavy atom. The summed E-state index contributed by atoms with van der Waals surface area (Å²) in [7, 11) is 0. The van der Waals surface area contributed by atoms with Crippen molar-refractivity contribution in [2.45, 2.75) is 59.5 Å². The highest BCUT2D eigenvalue weighted by atomic mass is 32.1. The number of hydrogen-bond acceptors (Lipinski definition) is 4. The van der Waals surface area contributed by atoms with Crippen molar-refractivity contribution in [3.63, 3.8) is 0 Å². The number of carbonyl (C=O) groups excluding carboxylic acids is 1. The topological polar surface area (TPSA) is 58.6 Å². The molecule has 0 fully saturated rings. The normalized spacial score (nSPS) is 14.6. The number of rotatable bonds is 8. The van der Waals surface area contributed by atoms with Crippen molar-refractivity contribution in [1.82, 2.24) is 5.32 Å². The molecule has 0 aromatic carbocycles. The zero-order valence-electron chi connectivity index (χ0n) is 15.0. The lowest BCUT2D eigenvalue weighted by Crippen LogP contribution is -2.43. The van der Waals surface area contributed by atoms with Gasteiger partial charge in [0, 0.05) is 12.0 Å². The first-order valence-corrected chi connectivity index (χ1v) is 9.19. The van der Waals surface area contributed by atoms with Gasteiger partial charge >= 0.3 is 6.09 Å². The molecule has 1 aromatic heterocycles. The van der Waals surface area contributed by atoms with Crippen LogP contribution in [0.5, 0.6) is 0 Å². The number of aliphatic hydroxyl groups is 1. The van der Waals surface area contributed by atoms with Crippen molar-refractivity contribution in [2.75, 3.05) is 13.2 Å². The summed E-state index contributed by atoms with van der Waals surface area (Å²) < 4.78 is 5.30. The van der Waals surface area contributed by atoms with Crippen LogP contribution in [0.3, 0.4) is 0 Å². The van der Waals surface area contributed by atoms with E-state index in [4.69, 9.17) is 4.74 Å². The van der Waals surface area contributed by atoms with Gasteiger partial charge in [-0.2, -0.15) is 11.3 Å². The SMILES string of the molecule is CC(C)CC(CO)(CCc1ccsc1)CNC(=O)OC(C)(C)C. The van der Waals surface area contributed by atoms with E-state index in [9.17, 15) is 9.90 Å². The second-order valence-electron chi connectivity index (χ2n) is 7.74. The maximum atomic E-state index is 11.9. The van der Waals surface area contributed by atoms with Crippen molar-refractivity contribution < 1.29 is 14.6 Å². The Hall–Kier alpha value is -1.07. The number of ether oxygens (including phenoxy) is 1. The van der Waals surface area contributed by atoms with E-state index in [-0.39, 0.29) is 12.0 Å². The van der Waals surface area contributed by atoms with Crippen LogP contribution in [0.1, 0.15) is 53.0 Å². The van der Waals surface area contributed by atoms with Gasteiger partial charge in [0.1, 0.15) is 5.60 Å². The number of thiophene rings is 1. The zero-order chi connectivity index (χ0) is 17.5. The van der Waals surface area contributed by atoms with Crippen molar-refractivity contribution >= 4 is 17.4 Å². The van der Waals surface area contributed by atoms with E-state index >= 15 is 0 Å². The van der Waals surface area contributed by atoms with E-state index in [1.165, 1.54) is 5.56 Å². The van der Waals surface area contributed by atoms with Gasteiger partial charge in [-0.1, -0.05) is 13.8 Å². The molecule has 0 spiro atoms. The first-order valence-electron chi connectivity index (χ1n) is 8.24. The van der Waals surface area contributed by atoms with E-state index < -0.39 is 11.7 Å². The third-order valence-electron chi connectivity index (χ3n) is 3.71. The Kier molecular flexibility index (Phi) is 7.55. The van der Waals surface area contributed by atoms with E-state index in [1.54, 1.807) is 11.3 Å². The summed E-state index contributed by atoms with van der Waals surface area (Å²) in [5.74, 6) is 0.449. The Morgan fingerprint density at radius 3 is 2.57 bits per heavy atom. The summed E-state index contributed by atoms with van der Waals surface area (Å²) in [6, 6.07) is 2.11. The van der Waals surface area contributed by atoms with E-state index in [0.717, 1.165) is 19.3 Å². The third-order valence-corrected chi connectivity index (χ3v) is 4.44. The summed E-state index contributed by atoms with van der Waals surface area (Å²) in [5, 5.41) is 17.1. The van der Waals surface area contributed by atoms with Crippen LogP contribution >= 0.6 is 11.3 Å². The Morgan fingerprint density at radius 2 is 2.09 bits per heavy atom. The molecule has 132 valence electrons. The van der Waals surface area contributed by atoms with Crippen LogP contribution in [0, 0.1) is 11.3 Å². The minimum Gasteiger partial charge on any atom is -0.444 e. The number of aryl methyl sites for hydroxylation is 1. The molecule has 0 aliphatic heterocycles. The molecule has 5 heteroatoms. The molecule has 1 atom stereocenters. The molecule has 0 saturated heterocycles. The van der Waals surface area contributed by atoms with Gasteiger partial charge in [0.05, 0.1) is 6.61 Å². The molecule has 0 bridgehead atoms. The fraction of sp³-hybridized carbons (Fsp3) is 0.722. The van der Waals surface area contributed by atoms with Crippen LogP contribution in [0.25, 0.3) is 0 Å². The second kappa shape index (κ2) is 8.69. The molecule has 1 heterocycles. The van der Waals surface area contributed by atoms with Gasteiger partial charge in [0.25, 0.3) is 0 Å². The number of aliphatic hydroxyl groups excluding tert-OH is 1. The predicted molar refractivity (Wildman–Crippen MR) is 95.9 cm³/mol. The van der Waals surface area contributed by atoms with Crippen LogP contribution in [0.2, 0.25) is 0 Å². The molecule has 2 N–H and O–H groups in total. The second-order valence-corrected chi connectivity index (χ2v) is 8.52. The molecule has 0 aliphatic rings. The van der Waals surface area contributed by atoms with Gasteiger partial charge in [-0.3, -0.25) is 0 Å². The number of amides is 1. The van der Waals surface area contributed by atoms with Crippen LogP contribution in [-0.4, -0.2) is 30.0 Å². The first kappa shape index (κ1) is 20.0. The molecule has 0 saturated carbocycles. The van der Waals surface area contributed by atoms with Gasteiger partial charge in [-0.05, 0) is 68.3 Å². The van der Waals surface area contributed by atoms with Crippen molar-refractivity contribution in [1.29, 1.82) is 0 Å². The van der Waals surface area contributed by atoms with E-state index in [1.807, 2.05) is 20.8 Å². The maximum Gasteiger partial charge on any atom is 0.407 e. The fourth-order valence-corrected chi connectivity index (χ4v) is 3.45. The standard InChI is InChI=1S/C18H31NO3S/c1-14(2)10-18(13-20,8-6-15-7-9-23-11-15)12-19-16(21)22-17(3,4)5/h7,9,11,14,20H,6,8,10,12-13H2,1-5H3,(H,19,21). The molecule has 23 heavy (non-hydrogen) atoms. The van der Waals surface area contributed by atoms with Crippen molar-refractivity contribution in [3.05, 3.63) is 22.4 Å². The lowest BCUT2D eigenvalue weighted by Gasteiger charge is -2.34. The lowest BCUT2D eigenvalue weighted by molar-refractivity contribution is 0.0427. The lowest BCUT2D eigenvalue weighted by atomic mass is 9.76. The monoisotopic (exact) mass is 341 g/mol. The Labute approximate surface area is 144 Å². The quantitative estimate of drug-likeness (QED) is 0.744. The number of nitrogens with one attached hydrogen (secondary N) is 1. The summed E-state index contributed by atoms with van der Waals surface area (Å²) in [4.78, 5) is 11.9. The molecule has 1 rings (SSSR count). The van der Waals surface area contributed by atoms with E-state index in [0.29, 0.717) is 12.5 Å². The summed E-state index contributed by atoms with van der Waals surface area (Å²) in [6.45, 7) is 10.3. The molecule has 4 nitrogen and oxygen atoms in total. The van der Waals surface area contributed by atoms with Crippen molar-refractivity contribution in [2.24, 2.45) is 11.3 Å². The first-order chi connectivity index (χ1) is 10.7. The van der Waals surface area contributed by atoms with Gasteiger partial charge in [-0.25, -0.2) is 4.79 Å². The highest BCUT2D eigenvalue weighted by molar-refractivity contribution is 7.07. The van der Waals surface area contributed by atoms with Gasteiger partial charge in [0.2, 0.25) is 0 Å². The average molecular weight is 342 g/mol. The maximum absolute atomic E-state index is 11.9. The Bertz CT molecular complexity index is 465. The molecule has 0 aliphatic carbocycles. The molecule has 1 aromatic rings. The zero-order valence-corrected chi connectivity index (χ0v) is 15.8. The fourth-order valence-electron chi connectivity index (χ4n) is 2.75. The number of alkyl carbamates (subject to hydrolysis) is 1. The van der Waals surface area contributed by atoms with Crippen LogP contribution < -0.4 is 5.32 Å². The summed E-state index contributed by atoms with van der Waals surface area (Å²) in [5.41, 5.74) is 0.460. The molecule has 1 unspecified atom stereocenters. The highest BCUT2D eigenvalue weighted by Gasteiger charge is 2.31. The largest absolute Gasteiger partial charge is 0.444 e. The minimum absolute atomic E-state index is 0.0606. The smallest absolute Gasteiger partial charge is 0.407 e. The van der Waals surface area contributed by atoms with E-state index in [2.05, 4.69) is 36.0 Å². The van der Waals surface area contributed by atoms with Crippen LogP contribution in [0.4, 0.5) is 4.79 Å². The molecule has 0 radical (unpaired) electrons. The molecular formula is C18H31NO3S. The van der Waals surface area contributed by atoms with Crippen LogP contribution in [0.15, 0.2) is 16.8 Å². The number of hydrogen-bond donors (Lipinski definition) is 2. The molecular weight excluding hydrogens is 310 g/mol. The highest BCUT2D eigenvalue weighted by Crippen LogP contribution is 2.31. The van der Waals surface area contributed by atoms with Gasteiger partial charge in [0.15, 0.2) is 0 Å². The third kappa shape index (κ3) is 7.84. The summed E-state index contributed by atoms with van der Waals surface area (Å²) in [6.07, 6.45) is 2.19.